The Hall–Kier alpha value is -3.18. The van der Waals surface area contributed by atoms with E-state index in [1.807, 2.05) is 65.4 Å². The monoisotopic (exact) mass is 347 g/mol. The summed E-state index contributed by atoms with van der Waals surface area (Å²) >= 11 is 0. The number of benzene rings is 2. The largest absolute Gasteiger partial charge is 0.388 e. The molecule has 0 aliphatic heterocycles. The lowest BCUT2D eigenvalue weighted by atomic mass is 10.1. The Bertz CT molecular complexity index is 841. The summed E-state index contributed by atoms with van der Waals surface area (Å²) in [5.41, 5.74) is 2.81. The SMILES string of the molecule is O=C(C=Cc1ccc(-n2ccnc2)cc1)NCCC(O)c1ccccc1. The Morgan fingerprint density at radius 2 is 1.92 bits per heavy atom. The van der Waals surface area contributed by atoms with Crippen molar-refractivity contribution in [3.05, 3.63) is 90.5 Å². The number of imidazole rings is 1. The summed E-state index contributed by atoms with van der Waals surface area (Å²) in [4.78, 5) is 15.9. The van der Waals surface area contributed by atoms with Crippen molar-refractivity contribution in [2.75, 3.05) is 6.54 Å². The number of nitrogens with zero attached hydrogens (tertiary/aromatic N) is 2. The molecule has 0 spiro atoms. The van der Waals surface area contributed by atoms with Gasteiger partial charge in [0.25, 0.3) is 0 Å². The molecule has 0 aliphatic carbocycles. The third-order valence-corrected chi connectivity index (χ3v) is 4.02. The Morgan fingerprint density at radius 3 is 2.62 bits per heavy atom. The lowest BCUT2D eigenvalue weighted by molar-refractivity contribution is -0.116. The summed E-state index contributed by atoms with van der Waals surface area (Å²) in [6.45, 7) is 0.415. The molecule has 2 aromatic carbocycles. The normalized spacial score (nSPS) is 12.2. The van der Waals surface area contributed by atoms with E-state index in [1.165, 1.54) is 6.08 Å². The quantitative estimate of drug-likeness (QED) is 0.645. The highest BCUT2D eigenvalue weighted by Gasteiger charge is 2.06. The molecule has 0 saturated heterocycles. The van der Waals surface area contributed by atoms with E-state index in [1.54, 1.807) is 18.6 Å². The van der Waals surface area contributed by atoms with E-state index in [-0.39, 0.29) is 5.91 Å². The summed E-state index contributed by atoms with van der Waals surface area (Å²) in [5.74, 6) is -0.177. The maximum absolute atomic E-state index is 11.9. The van der Waals surface area contributed by atoms with E-state index in [0.717, 1.165) is 16.8 Å². The highest BCUT2D eigenvalue weighted by molar-refractivity contribution is 5.91. The standard InChI is InChI=1S/C21H21N3O2/c25-20(18-4-2-1-3-5-18)12-13-23-21(26)11-8-17-6-9-19(10-7-17)24-15-14-22-16-24/h1-11,14-16,20,25H,12-13H2,(H,23,26). The highest BCUT2D eigenvalue weighted by Crippen LogP contribution is 2.15. The molecule has 5 nitrogen and oxygen atoms in total. The van der Waals surface area contributed by atoms with Crippen LogP contribution in [0.4, 0.5) is 0 Å². The van der Waals surface area contributed by atoms with Gasteiger partial charge in [0.15, 0.2) is 0 Å². The second-order valence-corrected chi connectivity index (χ2v) is 5.90. The number of carbonyl (C=O) groups is 1. The number of nitrogens with one attached hydrogen (secondary N) is 1. The number of rotatable bonds is 7. The summed E-state index contributed by atoms with van der Waals surface area (Å²) in [5, 5.41) is 12.9. The molecular weight excluding hydrogens is 326 g/mol. The van der Waals surface area contributed by atoms with Gasteiger partial charge in [-0.05, 0) is 35.8 Å². The number of aromatic nitrogens is 2. The maximum atomic E-state index is 11.9. The predicted molar refractivity (Wildman–Crippen MR) is 102 cm³/mol. The van der Waals surface area contributed by atoms with Crippen LogP contribution in [0.5, 0.6) is 0 Å². The molecule has 132 valence electrons. The lowest BCUT2D eigenvalue weighted by Crippen LogP contribution is -2.23. The zero-order valence-corrected chi connectivity index (χ0v) is 14.3. The van der Waals surface area contributed by atoms with Crippen LogP contribution in [0.3, 0.4) is 0 Å². The van der Waals surface area contributed by atoms with Crippen molar-refractivity contribution in [1.82, 2.24) is 14.9 Å². The molecule has 1 aromatic heterocycles. The topological polar surface area (TPSA) is 67.2 Å². The molecule has 26 heavy (non-hydrogen) atoms. The van der Waals surface area contributed by atoms with Crippen LogP contribution in [0.25, 0.3) is 11.8 Å². The Morgan fingerprint density at radius 1 is 1.15 bits per heavy atom. The summed E-state index contributed by atoms with van der Waals surface area (Å²) in [6.07, 6.45) is 8.51. The van der Waals surface area contributed by atoms with Crippen molar-refractivity contribution in [2.45, 2.75) is 12.5 Å². The van der Waals surface area contributed by atoms with Crippen LogP contribution < -0.4 is 5.32 Å². The molecule has 0 bridgehead atoms. The minimum Gasteiger partial charge on any atom is -0.388 e. The third kappa shape index (κ3) is 4.91. The van der Waals surface area contributed by atoms with Crippen molar-refractivity contribution in [3.8, 4) is 5.69 Å². The Kier molecular flexibility index (Phi) is 5.96. The van der Waals surface area contributed by atoms with Crippen LogP contribution in [-0.2, 0) is 4.79 Å². The van der Waals surface area contributed by atoms with E-state index in [0.29, 0.717) is 13.0 Å². The summed E-state index contributed by atoms with van der Waals surface area (Å²) in [6, 6.07) is 17.3. The van der Waals surface area contributed by atoms with Gasteiger partial charge < -0.3 is 15.0 Å². The molecule has 0 fully saturated rings. The summed E-state index contributed by atoms with van der Waals surface area (Å²) in [7, 11) is 0. The molecule has 3 aromatic rings. The number of carbonyl (C=O) groups excluding carboxylic acids is 1. The van der Waals surface area contributed by atoms with Crippen molar-refractivity contribution >= 4 is 12.0 Å². The zero-order chi connectivity index (χ0) is 18.2. The number of aliphatic hydroxyl groups excluding tert-OH is 1. The van der Waals surface area contributed by atoms with Gasteiger partial charge in [-0.3, -0.25) is 4.79 Å². The van der Waals surface area contributed by atoms with Crippen molar-refractivity contribution in [1.29, 1.82) is 0 Å². The van der Waals surface area contributed by atoms with Crippen molar-refractivity contribution in [3.63, 3.8) is 0 Å². The number of hydrogen-bond donors (Lipinski definition) is 2. The van der Waals surface area contributed by atoms with Crippen LogP contribution in [0.15, 0.2) is 79.4 Å². The van der Waals surface area contributed by atoms with Gasteiger partial charge in [-0.25, -0.2) is 4.98 Å². The molecule has 2 N–H and O–H groups in total. The van der Waals surface area contributed by atoms with Crippen molar-refractivity contribution in [2.24, 2.45) is 0 Å². The fraction of sp³-hybridized carbons (Fsp3) is 0.143. The molecule has 0 radical (unpaired) electrons. The van der Waals surface area contributed by atoms with E-state index in [9.17, 15) is 9.90 Å². The smallest absolute Gasteiger partial charge is 0.244 e. The first-order chi connectivity index (χ1) is 12.7. The van der Waals surface area contributed by atoms with Crippen LogP contribution in [0, 0.1) is 0 Å². The fourth-order valence-electron chi connectivity index (χ4n) is 2.57. The zero-order valence-electron chi connectivity index (χ0n) is 14.3. The van der Waals surface area contributed by atoms with Crippen LogP contribution in [-0.4, -0.2) is 27.1 Å². The molecule has 1 heterocycles. The second kappa shape index (κ2) is 8.78. The average molecular weight is 347 g/mol. The molecular formula is C21H21N3O2. The predicted octanol–water partition coefficient (Wildman–Crippen LogP) is 3.13. The molecule has 1 atom stereocenters. The van der Waals surface area contributed by atoms with Crippen molar-refractivity contribution < 1.29 is 9.90 Å². The van der Waals surface area contributed by atoms with E-state index < -0.39 is 6.10 Å². The second-order valence-electron chi connectivity index (χ2n) is 5.90. The highest BCUT2D eigenvalue weighted by atomic mass is 16.3. The van der Waals surface area contributed by atoms with Crippen LogP contribution in [0.2, 0.25) is 0 Å². The first-order valence-electron chi connectivity index (χ1n) is 8.50. The van der Waals surface area contributed by atoms with Gasteiger partial charge in [0.05, 0.1) is 12.4 Å². The van der Waals surface area contributed by atoms with Gasteiger partial charge in [-0.2, -0.15) is 0 Å². The fourth-order valence-corrected chi connectivity index (χ4v) is 2.57. The van der Waals surface area contributed by atoms with E-state index in [4.69, 9.17) is 0 Å². The molecule has 3 rings (SSSR count). The van der Waals surface area contributed by atoms with Gasteiger partial charge in [-0.1, -0.05) is 42.5 Å². The van der Waals surface area contributed by atoms with Gasteiger partial charge in [0.1, 0.15) is 0 Å². The molecule has 5 heteroatoms. The van der Waals surface area contributed by atoms with Gasteiger partial charge in [0, 0.05) is 30.7 Å². The minimum atomic E-state index is -0.573. The summed E-state index contributed by atoms with van der Waals surface area (Å²) < 4.78 is 1.91. The van der Waals surface area contributed by atoms with Gasteiger partial charge in [-0.15, -0.1) is 0 Å². The minimum absolute atomic E-state index is 0.177. The Balaban J connectivity index is 1.45. The van der Waals surface area contributed by atoms with Gasteiger partial charge >= 0.3 is 0 Å². The maximum Gasteiger partial charge on any atom is 0.244 e. The van der Waals surface area contributed by atoms with Crippen LogP contribution in [0.1, 0.15) is 23.7 Å². The molecule has 0 aliphatic rings. The lowest BCUT2D eigenvalue weighted by Gasteiger charge is -2.10. The molecule has 1 unspecified atom stereocenters. The first kappa shape index (κ1) is 17.6. The van der Waals surface area contributed by atoms with E-state index in [2.05, 4.69) is 10.3 Å². The average Bonchev–Trinajstić information content (AvgIpc) is 3.22. The number of amides is 1. The third-order valence-electron chi connectivity index (χ3n) is 4.02. The first-order valence-corrected chi connectivity index (χ1v) is 8.50. The number of hydrogen-bond acceptors (Lipinski definition) is 3. The number of aliphatic hydroxyl groups is 1. The van der Waals surface area contributed by atoms with E-state index >= 15 is 0 Å². The van der Waals surface area contributed by atoms with Gasteiger partial charge in [0.2, 0.25) is 5.91 Å². The van der Waals surface area contributed by atoms with Crippen LogP contribution >= 0.6 is 0 Å². The Labute approximate surface area is 152 Å². The molecule has 0 saturated carbocycles. The molecule has 1 amide bonds.